The topological polar surface area (TPSA) is 35.8 Å². The van der Waals surface area contributed by atoms with Crippen molar-refractivity contribution < 1.29 is 0 Å². The summed E-state index contributed by atoms with van der Waals surface area (Å²) >= 11 is 9.80. The van der Waals surface area contributed by atoms with Gasteiger partial charge in [0.1, 0.15) is 0 Å². The van der Waals surface area contributed by atoms with E-state index < -0.39 is 0 Å². The van der Waals surface area contributed by atoms with Crippen molar-refractivity contribution in [2.45, 2.75) is 30.9 Å². The van der Waals surface area contributed by atoms with Crippen molar-refractivity contribution in [1.82, 2.24) is 4.84 Å². The van der Waals surface area contributed by atoms with Crippen LogP contribution in [0.15, 0.2) is 0 Å². The Hall–Kier alpha value is 0.0900. The lowest BCUT2D eigenvalue weighted by molar-refractivity contribution is 0.276. The van der Waals surface area contributed by atoms with Gasteiger partial charge in [-0.05, 0) is 37.5 Å². The molecule has 1 aliphatic rings. The van der Waals surface area contributed by atoms with Crippen LogP contribution < -0.4 is 4.84 Å². The lowest BCUT2D eigenvalue weighted by atomic mass is 9.75. The average Bonchev–Trinajstić information content (AvgIpc) is 2.10. The smallest absolute Gasteiger partial charge is 0.0712 e. The number of nitriles is 1. The number of hydrogen-bond acceptors (Lipinski definition) is 3. The highest BCUT2D eigenvalue weighted by Crippen LogP contribution is 2.37. The highest BCUT2D eigenvalue weighted by Gasteiger charge is 2.34. The van der Waals surface area contributed by atoms with E-state index in [0.29, 0.717) is 11.8 Å². The SMILES string of the molecule is N#C[C@]1(CNCl)CC[C@H](S)CC1. The van der Waals surface area contributed by atoms with Gasteiger partial charge in [-0.25, -0.2) is 4.84 Å². The van der Waals surface area contributed by atoms with Crippen LogP contribution in [0.4, 0.5) is 0 Å². The molecule has 0 aromatic carbocycles. The van der Waals surface area contributed by atoms with Gasteiger partial charge in [0.15, 0.2) is 0 Å². The van der Waals surface area contributed by atoms with Gasteiger partial charge in [0.2, 0.25) is 0 Å². The predicted molar refractivity (Wildman–Crippen MR) is 53.1 cm³/mol. The van der Waals surface area contributed by atoms with E-state index in [0.717, 1.165) is 25.7 Å². The average molecular weight is 205 g/mol. The lowest BCUT2D eigenvalue weighted by Gasteiger charge is -2.32. The third-order valence-electron chi connectivity index (χ3n) is 2.55. The van der Waals surface area contributed by atoms with E-state index >= 15 is 0 Å². The number of nitrogens with one attached hydrogen (secondary N) is 1. The molecule has 1 fully saturated rings. The number of hydrogen-bond donors (Lipinski definition) is 2. The summed E-state index contributed by atoms with van der Waals surface area (Å²) in [5, 5.41) is 9.46. The second-order valence-electron chi connectivity index (χ2n) is 3.43. The van der Waals surface area contributed by atoms with Crippen molar-refractivity contribution >= 4 is 24.4 Å². The highest BCUT2D eigenvalue weighted by atomic mass is 35.5. The molecule has 4 heteroatoms. The molecule has 0 heterocycles. The first-order chi connectivity index (χ1) is 5.72. The summed E-state index contributed by atoms with van der Waals surface area (Å²) in [6, 6.07) is 2.36. The molecule has 1 N–H and O–H groups in total. The number of nitrogens with zero attached hydrogens (tertiary/aromatic N) is 1. The molecule has 0 atom stereocenters. The van der Waals surface area contributed by atoms with Crippen LogP contribution in [0.25, 0.3) is 0 Å². The van der Waals surface area contributed by atoms with Crippen molar-refractivity contribution in [3.05, 3.63) is 0 Å². The van der Waals surface area contributed by atoms with E-state index in [1.807, 2.05) is 0 Å². The summed E-state index contributed by atoms with van der Waals surface area (Å²) in [7, 11) is 0. The van der Waals surface area contributed by atoms with Crippen molar-refractivity contribution in [1.29, 1.82) is 5.26 Å². The Morgan fingerprint density at radius 1 is 1.58 bits per heavy atom. The fourth-order valence-electron chi connectivity index (χ4n) is 1.61. The Morgan fingerprint density at radius 2 is 2.17 bits per heavy atom. The molecular formula is C8H13ClN2S. The third kappa shape index (κ3) is 2.29. The van der Waals surface area contributed by atoms with Crippen LogP contribution in [-0.4, -0.2) is 11.8 Å². The number of thiol groups is 1. The van der Waals surface area contributed by atoms with Crippen LogP contribution in [0.2, 0.25) is 0 Å². The summed E-state index contributed by atoms with van der Waals surface area (Å²) < 4.78 is 0. The molecule has 2 nitrogen and oxygen atoms in total. The van der Waals surface area contributed by atoms with Crippen molar-refractivity contribution in [3.8, 4) is 6.07 Å². The third-order valence-corrected chi connectivity index (χ3v) is 3.20. The van der Waals surface area contributed by atoms with Gasteiger partial charge in [-0.15, -0.1) is 0 Å². The molecule has 0 aromatic rings. The second kappa shape index (κ2) is 4.36. The van der Waals surface area contributed by atoms with Crippen LogP contribution >= 0.6 is 24.4 Å². The molecule has 12 heavy (non-hydrogen) atoms. The van der Waals surface area contributed by atoms with Crippen molar-refractivity contribution in [2.75, 3.05) is 6.54 Å². The van der Waals surface area contributed by atoms with E-state index in [4.69, 9.17) is 17.0 Å². The minimum atomic E-state index is -0.235. The fourth-order valence-corrected chi connectivity index (χ4v) is 2.13. The molecule has 1 rings (SSSR count). The molecule has 0 bridgehead atoms. The molecule has 0 saturated heterocycles. The van der Waals surface area contributed by atoms with E-state index in [-0.39, 0.29) is 5.41 Å². The van der Waals surface area contributed by atoms with Gasteiger partial charge in [-0.2, -0.15) is 17.9 Å². The Labute approximate surface area is 83.8 Å². The van der Waals surface area contributed by atoms with Crippen LogP contribution in [0.1, 0.15) is 25.7 Å². The van der Waals surface area contributed by atoms with Crippen LogP contribution in [0.3, 0.4) is 0 Å². The van der Waals surface area contributed by atoms with Gasteiger partial charge in [0.05, 0.1) is 11.5 Å². The summed E-state index contributed by atoms with van der Waals surface area (Å²) in [6.45, 7) is 0.589. The summed E-state index contributed by atoms with van der Waals surface area (Å²) in [4.78, 5) is 2.57. The van der Waals surface area contributed by atoms with Gasteiger partial charge in [0, 0.05) is 11.8 Å². The normalized spacial score (nSPS) is 35.9. The van der Waals surface area contributed by atoms with Crippen LogP contribution in [0.5, 0.6) is 0 Å². The maximum atomic E-state index is 8.99. The maximum absolute atomic E-state index is 8.99. The molecule has 0 unspecified atom stereocenters. The first-order valence-corrected chi connectivity index (χ1v) is 5.05. The standard InChI is InChI=1S/C8H13ClN2S/c9-11-6-8(5-10)3-1-7(12)2-4-8/h7,11-12H,1-4,6H2/t7-,8-. The predicted octanol–water partition coefficient (Wildman–Crippen LogP) is 2.11. The zero-order valence-corrected chi connectivity index (χ0v) is 8.54. The summed E-state index contributed by atoms with van der Waals surface area (Å²) in [6.07, 6.45) is 3.87. The van der Waals surface area contributed by atoms with Gasteiger partial charge < -0.3 is 0 Å². The monoisotopic (exact) mass is 204 g/mol. The van der Waals surface area contributed by atoms with Gasteiger partial charge in [0.25, 0.3) is 0 Å². The molecule has 1 aliphatic carbocycles. The van der Waals surface area contributed by atoms with Gasteiger partial charge in [-0.1, -0.05) is 0 Å². The Balaban J connectivity index is 2.52. The van der Waals surface area contributed by atoms with E-state index in [2.05, 4.69) is 23.5 Å². The highest BCUT2D eigenvalue weighted by molar-refractivity contribution is 7.80. The minimum Gasteiger partial charge on any atom is -0.232 e. The zero-order valence-electron chi connectivity index (χ0n) is 6.89. The Bertz CT molecular complexity index is 182. The largest absolute Gasteiger partial charge is 0.232 e. The molecule has 0 spiro atoms. The van der Waals surface area contributed by atoms with Crippen LogP contribution in [0, 0.1) is 16.7 Å². The maximum Gasteiger partial charge on any atom is 0.0712 e. The van der Waals surface area contributed by atoms with E-state index in [1.54, 1.807) is 0 Å². The summed E-state index contributed by atoms with van der Waals surface area (Å²) in [5.74, 6) is 0. The molecule has 0 amide bonds. The molecule has 0 radical (unpaired) electrons. The van der Waals surface area contributed by atoms with Gasteiger partial charge >= 0.3 is 0 Å². The quantitative estimate of drug-likeness (QED) is 0.534. The first-order valence-electron chi connectivity index (χ1n) is 4.15. The molecule has 68 valence electrons. The van der Waals surface area contributed by atoms with Crippen molar-refractivity contribution in [3.63, 3.8) is 0 Å². The molecule has 1 saturated carbocycles. The van der Waals surface area contributed by atoms with Gasteiger partial charge in [-0.3, -0.25) is 0 Å². The fraction of sp³-hybridized carbons (Fsp3) is 0.875. The van der Waals surface area contributed by atoms with Crippen LogP contribution in [-0.2, 0) is 0 Å². The number of rotatable bonds is 2. The zero-order chi connectivity index (χ0) is 9.03. The second-order valence-corrected chi connectivity index (χ2v) is 4.43. The molecule has 0 aromatic heterocycles. The first kappa shape index (κ1) is 10.2. The van der Waals surface area contributed by atoms with E-state index in [1.165, 1.54) is 0 Å². The summed E-state index contributed by atoms with van der Waals surface area (Å²) in [5.41, 5.74) is -0.235. The minimum absolute atomic E-state index is 0.235. The Morgan fingerprint density at radius 3 is 2.58 bits per heavy atom. The number of halogens is 1. The molecule has 0 aliphatic heterocycles. The lowest BCUT2D eigenvalue weighted by Crippen LogP contribution is -2.33. The van der Waals surface area contributed by atoms with E-state index in [9.17, 15) is 0 Å². The Kier molecular flexibility index (Phi) is 3.70. The molecular weight excluding hydrogens is 192 g/mol. The van der Waals surface area contributed by atoms with Crippen molar-refractivity contribution in [2.24, 2.45) is 5.41 Å².